The van der Waals surface area contributed by atoms with Crippen LogP contribution in [0.25, 0.3) is 10.9 Å². The normalized spacial score (nSPS) is 12.0. The van der Waals surface area contributed by atoms with Gasteiger partial charge in [0.25, 0.3) is 0 Å². The standard InChI is InChI=1S/C19H22N2O2S/c1-14-4-6-16(7-5-14)24(22,23)17-8-9-19-18(12-17)15(10-11-20-2)13-21(19)3/h4-9,12-13,20H,10-11H2,1-3H3. The van der Waals surface area contributed by atoms with Crippen LogP contribution in [0.3, 0.4) is 0 Å². The summed E-state index contributed by atoms with van der Waals surface area (Å²) >= 11 is 0. The SMILES string of the molecule is CNCCc1cn(C)c2ccc(S(=O)(=O)c3ccc(C)cc3)cc12. The quantitative estimate of drug-likeness (QED) is 0.775. The lowest BCUT2D eigenvalue weighted by Crippen LogP contribution is -2.10. The van der Waals surface area contributed by atoms with Crippen molar-refractivity contribution in [1.29, 1.82) is 0 Å². The second-order valence-corrected chi connectivity index (χ2v) is 8.06. The van der Waals surface area contributed by atoms with Crippen LogP contribution in [0.15, 0.2) is 58.5 Å². The Morgan fingerprint density at radius 1 is 1.04 bits per heavy atom. The molecule has 1 heterocycles. The number of aryl methyl sites for hydroxylation is 2. The minimum atomic E-state index is -3.50. The van der Waals surface area contributed by atoms with Gasteiger partial charge >= 0.3 is 0 Å². The lowest BCUT2D eigenvalue weighted by Gasteiger charge is -2.07. The predicted molar refractivity (Wildman–Crippen MR) is 97.2 cm³/mol. The molecule has 24 heavy (non-hydrogen) atoms. The van der Waals surface area contributed by atoms with Gasteiger partial charge in [0.1, 0.15) is 0 Å². The summed E-state index contributed by atoms with van der Waals surface area (Å²) in [6.45, 7) is 2.80. The molecule has 126 valence electrons. The first-order chi connectivity index (χ1) is 11.4. The fraction of sp³-hybridized carbons (Fsp3) is 0.263. The van der Waals surface area contributed by atoms with Gasteiger partial charge in [-0.3, -0.25) is 0 Å². The molecule has 0 saturated carbocycles. The van der Waals surface area contributed by atoms with Crippen molar-refractivity contribution in [2.24, 2.45) is 7.05 Å². The molecule has 3 rings (SSSR count). The molecule has 0 fully saturated rings. The highest BCUT2D eigenvalue weighted by molar-refractivity contribution is 7.91. The number of hydrogen-bond donors (Lipinski definition) is 1. The lowest BCUT2D eigenvalue weighted by molar-refractivity contribution is 0.596. The van der Waals surface area contributed by atoms with Crippen LogP contribution >= 0.6 is 0 Å². The minimum Gasteiger partial charge on any atom is -0.350 e. The number of aromatic nitrogens is 1. The zero-order chi connectivity index (χ0) is 17.3. The summed E-state index contributed by atoms with van der Waals surface area (Å²) in [6.07, 6.45) is 2.94. The van der Waals surface area contributed by atoms with Gasteiger partial charge in [-0.1, -0.05) is 17.7 Å². The van der Waals surface area contributed by atoms with Crippen LogP contribution in [0.5, 0.6) is 0 Å². The molecule has 0 atom stereocenters. The van der Waals surface area contributed by atoms with Crippen molar-refractivity contribution in [2.45, 2.75) is 23.1 Å². The first-order valence-corrected chi connectivity index (χ1v) is 9.46. The molecular weight excluding hydrogens is 320 g/mol. The van der Waals surface area contributed by atoms with E-state index in [-0.39, 0.29) is 0 Å². The van der Waals surface area contributed by atoms with Crippen molar-refractivity contribution < 1.29 is 8.42 Å². The molecule has 0 bridgehead atoms. The average molecular weight is 342 g/mol. The molecule has 0 aliphatic carbocycles. The molecule has 2 aromatic carbocycles. The van der Waals surface area contributed by atoms with Crippen LogP contribution in [0, 0.1) is 6.92 Å². The molecule has 0 radical (unpaired) electrons. The molecule has 0 amide bonds. The fourth-order valence-electron chi connectivity index (χ4n) is 2.93. The Bertz CT molecular complexity index is 971. The molecule has 1 N–H and O–H groups in total. The molecule has 3 aromatic rings. The monoisotopic (exact) mass is 342 g/mol. The van der Waals surface area contributed by atoms with E-state index in [0.717, 1.165) is 35.0 Å². The van der Waals surface area contributed by atoms with Gasteiger partial charge in [0.05, 0.1) is 9.79 Å². The van der Waals surface area contributed by atoms with Gasteiger partial charge in [-0.05, 0) is 62.8 Å². The van der Waals surface area contributed by atoms with Crippen LogP contribution in [0.2, 0.25) is 0 Å². The number of nitrogens with zero attached hydrogens (tertiary/aromatic N) is 1. The van der Waals surface area contributed by atoms with Crippen LogP contribution in [-0.2, 0) is 23.3 Å². The summed E-state index contributed by atoms with van der Waals surface area (Å²) in [4.78, 5) is 0.677. The van der Waals surface area contributed by atoms with Crippen molar-refractivity contribution >= 4 is 20.7 Å². The summed E-state index contributed by atoms with van der Waals surface area (Å²) in [5.74, 6) is 0. The average Bonchev–Trinajstić information content (AvgIpc) is 2.89. The zero-order valence-corrected chi connectivity index (χ0v) is 15.0. The maximum absolute atomic E-state index is 12.9. The van der Waals surface area contributed by atoms with Crippen LogP contribution < -0.4 is 5.32 Å². The molecule has 0 saturated heterocycles. The largest absolute Gasteiger partial charge is 0.350 e. The predicted octanol–water partition coefficient (Wildman–Crippen LogP) is 3.08. The van der Waals surface area contributed by atoms with E-state index in [1.165, 1.54) is 0 Å². The van der Waals surface area contributed by atoms with E-state index in [4.69, 9.17) is 0 Å². The minimum absolute atomic E-state index is 0.333. The van der Waals surface area contributed by atoms with E-state index >= 15 is 0 Å². The number of hydrogen-bond acceptors (Lipinski definition) is 3. The van der Waals surface area contributed by atoms with Gasteiger partial charge in [-0.2, -0.15) is 0 Å². The third kappa shape index (κ3) is 2.97. The summed E-state index contributed by atoms with van der Waals surface area (Å²) in [5, 5.41) is 4.14. The van der Waals surface area contributed by atoms with E-state index in [1.54, 1.807) is 24.3 Å². The van der Waals surface area contributed by atoms with Crippen molar-refractivity contribution in [3.05, 3.63) is 59.8 Å². The lowest BCUT2D eigenvalue weighted by atomic mass is 10.1. The second-order valence-electron chi connectivity index (χ2n) is 6.11. The number of rotatable bonds is 5. The first kappa shape index (κ1) is 16.7. The smallest absolute Gasteiger partial charge is 0.206 e. The van der Waals surface area contributed by atoms with Crippen molar-refractivity contribution in [3.8, 4) is 0 Å². The Labute approximate surface area is 143 Å². The Morgan fingerprint density at radius 2 is 1.71 bits per heavy atom. The molecule has 0 aliphatic rings. The van der Waals surface area contributed by atoms with E-state index in [1.807, 2.05) is 43.8 Å². The van der Waals surface area contributed by atoms with Gasteiger partial charge in [-0.25, -0.2) is 8.42 Å². The molecule has 4 nitrogen and oxygen atoms in total. The van der Waals surface area contributed by atoms with E-state index < -0.39 is 9.84 Å². The van der Waals surface area contributed by atoms with Gasteiger partial charge < -0.3 is 9.88 Å². The fourth-order valence-corrected chi connectivity index (χ4v) is 4.22. The third-order valence-corrected chi connectivity index (χ3v) is 6.10. The van der Waals surface area contributed by atoms with Gasteiger partial charge in [0, 0.05) is 24.1 Å². The summed E-state index contributed by atoms with van der Waals surface area (Å²) in [6, 6.07) is 12.4. The van der Waals surface area contributed by atoms with Crippen molar-refractivity contribution in [3.63, 3.8) is 0 Å². The number of benzene rings is 2. The maximum atomic E-state index is 12.9. The molecule has 5 heteroatoms. The molecule has 0 spiro atoms. The highest BCUT2D eigenvalue weighted by atomic mass is 32.2. The second kappa shape index (κ2) is 6.42. The Kier molecular flexibility index (Phi) is 4.47. The number of likely N-dealkylation sites (N-methyl/N-ethyl adjacent to an activating group) is 1. The Hall–Kier alpha value is -2.11. The van der Waals surface area contributed by atoms with Crippen LogP contribution in [-0.4, -0.2) is 26.6 Å². The molecular formula is C19H22N2O2S. The van der Waals surface area contributed by atoms with Crippen molar-refractivity contribution in [1.82, 2.24) is 9.88 Å². The van der Waals surface area contributed by atoms with Crippen LogP contribution in [0.4, 0.5) is 0 Å². The number of sulfone groups is 1. The number of nitrogens with one attached hydrogen (secondary N) is 1. The van der Waals surface area contributed by atoms with Crippen LogP contribution in [0.1, 0.15) is 11.1 Å². The van der Waals surface area contributed by atoms with E-state index in [0.29, 0.717) is 9.79 Å². The first-order valence-electron chi connectivity index (χ1n) is 7.98. The van der Waals surface area contributed by atoms with Crippen molar-refractivity contribution in [2.75, 3.05) is 13.6 Å². The molecule has 1 aromatic heterocycles. The highest BCUT2D eigenvalue weighted by Gasteiger charge is 2.19. The highest BCUT2D eigenvalue weighted by Crippen LogP contribution is 2.28. The zero-order valence-electron chi connectivity index (χ0n) is 14.2. The Morgan fingerprint density at radius 3 is 2.38 bits per heavy atom. The number of fused-ring (bicyclic) bond motifs is 1. The third-order valence-electron chi connectivity index (χ3n) is 4.33. The van der Waals surface area contributed by atoms with Gasteiger partial charge in [-0.15, -0.1) is 0 Å². The van der Waals surface area contributed by atoms with Gasteiger partial charge in [0.15, 0.2) is 0 Å². The maximum Gasteiger partial charge on any atom is 0.206 e. The van der Waals surface area contributed by atoms with E-state index in [9.17, 15) is 8.42 Å². The van der Waals surface area contributed by atoms with Gasteiger partial charge in [0.2, 0.25) is 9.84 Å². The summed E-state index contributed by atoms with van der Waals surface area (Å²) in [7, 11) is 0.400. The molecule has 0 aliphatic heterocycles. The topological polar surface area (TPSA) is 51.1 Å². The molecule has 0 unspecified atom stereocenters. The van der Waals surface area contributed by atoms with E-state index in [2.05, 4.69) is 11.5 Å². The summed E-state index contributed by atoms with van der Waals surface area (Å²) < 4.78 is 27.8. The summed E-state index contributed by atoms with van der Waals surface area (Å²) in [5.41, 5.74) is 3.24. The Balaban J connectivity index is 2.11.